The Labute approximate surface area is 132 Å². The maximum atomic E-state index is 12.1. The molecule has 0 saturated carbocycles. The van der Waals surface area contributed by atoms with Gasteiger partial charge in [0.15, 0.2) is 0 Å². The highest BCUT2D eigenvalue weighted by atomic mass is 79.9. The molecule has 0 atom stereocenters. The Morgan fingerprint density at radius 1 is 1.43 bits per heavy atom. The summed E-state index contributed by atoms with van der Waals surface area (Å²) in [6.45, 7) is 4.93. The van der Waals surface area contributed by atoms with Gasteiger partial charge in [-0.1, -0.05) is 13.8 Å². The highest BCUT2D eigenvalue weighted by molar-refractivity contribution is 9.10. The smallest absolute Gasteiger partial charge is 0.335 e. The number of aromatic carboxylic acids is 1. The highest BCUT2D eigenvalue weighted by Crippen LogP contribution is 2.23. The van der Waals surface area contributed by atoms with Crippen LogP contribution in [0.2, 0.25) is 0 Å². The molecule has 0 spiro atoms. The first kappa shape index (κ1) is 18.1. The lowest BCUT2D eigenvalue weighted by Crippen LogP contribution is -2.28. The number of hydrogen-bond donors (Lipinski definition) is 2. The molecule has 0 aliphatic carbocycles. The summed E-state index contributed by atoms with van der Waals surface area (Å²) in [6.07, 6.45) is 0. The molecular weight excluding hydrogens is 362 g/mol. The van der Waals surface area contributed by atoms with Gasteiger partial charge < -0.3 is 9.84 Å². The molecule has 8 heteroatoms. The van der Waals surface area contributed by atoms with Crippen LogP contribution in [-0.4, -0.2) is 39.3 Å². The van der Waals surface area contributed by atoms with Crippen LogP contribution in [0.4, 0.5) is 0 Å². The Morgan fingerprint density at radius 2 is 2.10 bits per heavy atom. The molecule has 0 aliphatic rings. The summed E-state index contributed by atoms with van der Waals surface area (Å²) < 4.78 is 32.2. The monoisotopic (exact) mass is 379 g/mol. The van der Waals surface area contributed by atoms with Crippen molar-refractivity contribution in [2.45, 2.75) is 18.7 Å². The fourth-order valence-corrected chi connectivity index (χ4v) is 3.49. The highest BCUT2D eigenvalue weighted by Gasteiger charge is 2.19. The summed E-state index contributed by atoms with van der Waals surface area (Å²) in [6, 6.07) is 3.84. The number of carboxylic acids is 1. The van der Waals surface area contributed by atoms with Gasteiger partial charge in [-0.2, -0.15) is 0 Å². The molecule has 0 fully saturated rings. The summed E-state index contributed by atoms with van der Waals surface area (Å²) in [5.74, 6) is -0.804. The molecule has 0 amide bonds. The molecule has 1 aromatic rings. The lowest BCUT2D eigenvalue weighted by molar-refractivity contribution is 0.0696. The minimum absolute atomic E-state index is 0.0883. The van der Waals surface area contributed by atoms with Crippen molar-refractivity contribution in [3.63, 3.8) is 0 Å². The van der Waals surface area contributed by atoms with Gasteiger partial charge in [0.2, 0.25) is 10.0 Å². The van der Waals surface area contributed by atoms with Gasteiger partial charge in [0.25, 0.3) is 0 Å². The number of rotatable bonds is 8. The molecule has 1 rings (SSSR count). The van der Waals surface area contributed by atoms with Crippen molar-refractivity contribution in [1.29, 1.82) is 0 Å². The van der Waals surface area contributed by atoms with Crippen molar-refractivity contribution in [3.05, 3.63) is 28.2 Å². The molecular formula is C13H18BrNO5S. The predicted molar refractivity (Wildman–Crippen MR) is 81.9 cm³/mol. The van der Waals surface area contributed by atoms with Gasteiger partial charge in [-0.3, -0.25) is 0 Å². The van der Waals surface area contributed by atoms with E-state index in [1.165, 1.54) is 12.1 Å². The van der Waals surface area contributed by atoms with Gasteiger partial charge in [0.1, 0.15) is 0 Å². The van der Waals surface area contributed by atoms with Gasteiger partial charge in [-0.15, -0.1) is 0 Å². The largest absolute Gasteiger partial charge is 0.478 e. The number of carboxylic acid groups (broad SMARTS) is 1. The van der Waals surface area contributed by atoms with Crippen LogP contribution in [0.15, 0.2) is 27.6 Å². The minimum atomic E-state index is -3.79. The van der Waals surface area contributed by atoms with E-state index < -0.39 is 16.0 Å². The topological polar surface area (TPSA) is 92.7 Å². The number of carbonyl (C=O) groups is 1. The van der Waals surface area contributed by atoms with E-state index in [1.54, 1.807) is 0 Å². The van der Waals surface area contributed by atoms with E-state index >= 15 is 0 Å². The zero-order valence-corrected chi connectivity index (χ0v) is 14.2. The molecule has 1 aromatic carbocycles. The second-order valence-electron chi connectivity index (χ2n) is 4.82. The normalized spacial score (nSPS) is 11.8. The first-order valence-electron chi connectivity index (χ1n) is 6.34. The molecule has 0 bridgehead atoms. The molecule has 0 radical (unpaired) electrons. The zero-order valence-electron chi connectivity index (χ0n) is 11.8. The van der Waals surface area contributed by atoms with Crippen LogP contribution < -0.4 is 4.72 Å². The van der Waals surface area contributed by atoms with Crippen molar-refractivity contribution < 1.29 is 23.1 Å². The molecule has 118 valence electrons. The van der Waals surface area contributed by atoms with Crippen LogP contribution in [-0.2, 0) is 14.8 Å². The Kier molecular flexibility index (Phi) is 6.79. The number of halogens is 1. The second-order valence-corrected chi connectivity index (χ2v) is 7.41. The van der Waals surface area contributed by atoms with Crippen LogP contribution in [0.25, 0.3) is 0 Å². The Bertz CT molecular complexity index is 601. The average molecular weight is 380 g/mol. The summed E-state index contributed by atoms with van der Waals surface area (Å²) in [4.78, 5) is 10.8. The van der Waals surface area contributed by atoms with Crippen molar-refractivity contribution in [3.8, 4) is 0 Å². The first-order valence-corrected chi connectivity index (χ1v) is 8.62. The number of sulfonamides is 1. The van der Waals surface area contributed by atoms with E-state index in [2.05, 4.69) is 20.7 Å². The molecule has 21 heavy (non-hydrogen) atoms. The lowest BCUT2D eigenvalue weighted by atomic mass is 10.2. The standard InChI is InChI=1S/C13H18BrNO5S/c1-9(2)8-20-6-5-15-21(18,19)12-7-10(13(16)17)3-4-11(12)14/h3-4,7,9,15H,5-6,8H2,1-2H3,(H,16,17). The molecule has 2 N–H and O–H groups in total. The van der Waals surface area contributed by atoms with Crippen molar-refractivity contribution >= 4 is 31.9 Å². The molecule has 0 heterocycles. The molecule has 6 nitrogen and oxygen atoms in total. The van der Waals surface area contributed by atoms with Gasteiger partial charge in [-0.25, -0.2) is 17.9 Å². The van der Waals surface area contributed by atoms with Crippen LogP contribution in [0, 0.1) is 5.92 Å². The predicted octanol–water partition coefficient (Wildman–Crippen LogP) is 2.10. The summed E-state index contributed by atoms with van der Waals surface area (Å²) in [7, 11) is -3.79. The van der Waals surface area contributed by atoms with E-state index in [-0.39, 0.29) is 23.6 Å². The third-order valence-corrected chi connectivity index (χ3v) is 4.91. The van der Waals surface area contributed by atoms with Gasteiger partial charge in [0.05, 0.1) is 17.1 Å². The molecule has 0 aliphatic heterocycles. The van der Waals surface area contributed by atoms with Crippen molar-refractivity contribution in [2.24, 2.45) is 5.92 Å². The average Bonchev–Trinajstić information content (AvgIpc) is 2.37. The van der Waals surface area contributed by atoms with E-state index in [4.69, 9.17) is 9.84 Å². The fraction of sp³-hybridized carbons (Fsp3) is 0.462. The first-order chi connectivity index (χ1) is 9.74. The zero-order chi connectivity index (χ0) is 16.0. The molecule has 0 unspecified atom stereocenters. The summed E-state index contributed by atoms with van der Waals surface area (Å²) >= 11 is 3.11. The van der Waals surface area contributed by atoms with Crippen LogP contribution in [0.3, 0.4) is 0 Å². The number of nitrogens with one attached hydrogen (secondary N) is 1. The number of hydrogen-bond acceptors (Lipinski definition) is 4. The third kappa shape index (κ3) is 5.74. The van der Waals surface area contributed by atoms with E-state index in [0.717, 1.165) is 6.07 Å². The van der Waals surface area contributed by atoms with E-state index in [9.17, 15) is 13.2 Å². The Balaban J connectivity index is 2.74. The maximum Gasteiger partial charge on any atom is 0.335 e. The van der Waals surface area contributed by atoms with Crippen LogP contribution in [0.1, 0.15) is 24.2 Å². The summed E-state index contributed by atoms with van der Waals surface area (Å²) in [5.41, 5.74) is -0.0883. The van der Waals surface area contributed by atoms with E-state index in [1.807, 2.05) is 13.8 Å². The molecule has 0 aromatic heterocycles. The van der Waals surface area contributed by atoms with Crippen LogP contribution >= 0.6 is 15.9 Å². The number of ether oxygens (including phenoxy) is 1. The fourth-order valence-electron chi connectivity index (χ4n) is 1.49. The number of benzene rings is 1. The Hall–Kier alpha value is -0.960. The van der Waals surface area contributed by atoms with Gasteiger partial charge in [0, 0.05) is 17.6 Å². The second kappa shape index (κ2) is 7.88. The van der Waals surface area contributed by atoms with Crippen molar-refractivity contribution in [2.75, 3.05) is 19.8 Å². The minimum Gasteiger partial charge on any atom is -0.478 e. The maximum absolute atomic E-state index is 12.1. The van der Waals surface area contributed by atoms with E-state index in [0.29, 0.717) is 17.0 Å². The lowest BCUT2D eigenvalue weighted by Gasteiger charge is -2.10. The quantitative estimate of drug-likeness (QED) is 0.674. The Morgan fingerprint density at radius 3 is 2.67 bits per heavy atom. The summed E-state index contributed by atoms with van der Waals surface area (Å²) in [5, 5.41) is 8.91. The SMILES string of the molecule is CC(C)COCCNS(=O)(=O)c1cc(C(=O)O)ccc1Br. The molecule has 0 saturated heterocycles. The third-order valence-electron chi connectivity index (χ3n) is 2.46. The van der Waals surface area contributed by atoms with Gasteiger partial charge in [-0.05, 0) is 40.0 Å². The van der Waals surface area contributed by atoms with Crippen molar-refractivity contribution in [1.82, 2.24) is 4.72 Å². The van der Waals surface area contributed by atoms with Gasteiger partial charge >= 0.3 is 5.97 Å². The van der Waals surface area contributed by atoms with Crippen LogP contribution in [0.5, 0.6) is 0 Å².